The van der Waals surface area contributed by atoms with Crippen LogP contribution in [0.1, 0.15) is 6.92 Å². The normalized spacial score (nSPS) is 11.9. The molecule has 0 aromatic heterocycles. The second kappa shape index (κ2) is 7.53. The summed E-state index contributed by atoms with van der Waals surface area (Å²) in [5.41, 5.74) is 0.705. The Labute approximate surface area is 131 Å². The van der Waals surface area contributed by atoms with Crippen LogP contribution in [0.4, 0.5) is 24.5 Å². The van der Waals surface area contributed by atoms with E-state index < -0.39 is 18.6 Å². The van der Waals surface area contributed by atoms with E-state index in [1.165, 1.54) is 42.5 Å². The second-order valence-corrected chi connectivity index (χ2v) is 4.74. The number of carbonyl (C=O) groups excluding carboxylic acids is 1. The third-order valence-corrected chi connectivity index (χ3v) is 2.98. The molecule has 0 bridgehead atoms. The minimum Gasteiger partial charge on any atom is -0.433 e. The molecular formula is C16H15F3N2O2. The molecule has 2 aromatic rings. The third-order valence-electron chi connectivity index (χ3n) is 2.98. The van der Waals surface area contributed by atoms with Crippen molar-refractivity contribution >= 4 is 17.3 Å². The van der Waals surface area contributed by atoms with Gasteiger partial charge in [0.15, 0.2) is 0 Å². The van der Waals surface area contributed by atoms with Crippen LogP contribution in [0.2, 0.25) is 0 Å². The molecule has 0 fully saturated rings. The van der Waals surface area contributed by atoms with E-state index in [-0.39, 0.29) is 17.3 Å². The molecule has 0 saturated carbocycles. The van der Waals surface area contributed by atoms with E-state index >= 15 is 0 Å². The number of hydrogen-bond donors (Lipinski definition) is 2. The fourth-order valence-corrected chi connectivity index (χ4v) is 1.87. The Hall–Kier alpha value is -2.70. The topological polar surface area (TPSA) is 50.4 Å². The van der Waals surface area contributed by atoms with Gasteiger partial charge in [-0.25, -0.2) is 4.39 Å². The van der Waals surface area contributed by atoms with E-state index in [9.17, 15) is 18.0 Å². The van der Waals surface area contributed by atoms with Crippen molar-refractivity contribution in [1.29, 1.82) is 0 Å². The molecule has 122 valence electrons. The Morgan fingerprint density at radius 3 is 2.39 bits per heavy atom. The van der Waals surface area contributed by atoms with Gasteiger partial charge in [0, 0.05) is 5.69 Å². The number of para-hydroxylation sites is 2. The Bertz CT molecular complexity index is 663. The van der Waals surface area contributed by atoms with E-state index in [0.29, 0.717) is 5.69 Å². The highest BCUT2D eigenvalue weighted by atomic mass is 19.3. The lowest BCUT2D eigenvalue weighted by Crippen LogP contribution is -2.32. The van der Waals surface area contributed by atoms with Crippen LogP contribution in [0.25, 0.3) is 0 Å². The number of benzene rings is 2. The third kappa shape index (κ3) is 4.91. The van der Waals surface area contributed by atoms with Crippen molar-refractivity contribution in [1.82, 2.24) is 0 Å². The number of ether oxygens (including phenoxy) is 1. The minimum atomic E-state index is -2.98. The number of carbonyl (C=O) groups is 1. The van der Waals surface area contributed by atoms with Crippen molar-refractivity contribution < 1.29 is 22.7 Å². The Morgan fingerprint density at radius 1 is 1.09 bits per heavy atom. The van der Waals surface area contributed by atoms with Crippen LogP contribution in [0, 0.1) is 5.82 Å². The highest BCUT2D eigenvalue weighted by Crippen LogP contribution is 2.25. The molecule has 7 heteroatoms. The zero-order chi connectivity index (χ0) is 16.8. The summed E-state index contributed by atoms with van der Waals surface area (Å²) in [4.78, 5) is 12.1. The molecule has 0 saturated heterocycles. The maximum absolute atomic E-state index is 12.8. The van der Waals surface area contributed by atoms with Gasteiger partial charge in [0.25, 0.3) is 0 Å². The summed E-state index contributed by atoms with van der Waals surface area (Å²) in [7, 11) is 0. The van der Waals surface area contributed by atoms with Crippen molar-refractivity contribution in [3.63, 3.8) is 0 Å². The average molecular weight is 324 g/mol. The summed E-state index contributed by atoms with van der Waals surface area (Å²) in [6, 6.07) is 10.7. The van der Waals surface area contributed by atoms with Crippen molar-refractivity contribution in [2.24, 2.45) is 0 Å². The predicted molar refractivity (Wildman–Crippen MR) is 81.2 cm³/mol. The van der Waals surface area contributed by atoms with Crippen molar-refractivity contribution in [2.75, 3.05) is 10.6 Å². The van der Waals surface area contributed by atoms with Gasteiger partial charge in [-0.2, -0.15) is 8.78 Å². The van der Waals surface area contributed by atoms with Crippen LogP contribution >= 0.6 is 0 Å². The monoisotopic (exact) mass is 324 g/mol. The van der Waals surface area contributed by atoms with Crippen LogP contribution in [-0.4, -0.2) is 18.6 Å². The first kappa shape index (κ1) is 16.7. The summed E-state index contributed by atoms with van der Waals surface area (Å²) in [5, 5.41) is 5.40. The summed E-state index contributed by atoms with van der Waals surface area (Å²) in [6.45, 7) is -1.39. The van der Waals surface area contributed by atoms with E-state index in [2.05, 4.69) is 15.4 Å². The Kier molecular flexibility index (Phi) is 5.46. The summed E-state index contributed by atoms with van der Waals surface area (Å²) in [5.74, 6) is -0.949. The van der Waals surface area contributed by atoms with Crippen LogP contribution in [0.3, 0.4) is 0 Å². The smallest absolute Gasteiger partial charge is 0.387 e. The van der Waals surface area contributed by atoms with Crippen LogP contribution < -0.4 is 15.4 Å². The fraction of sp³-hybridized carbons (Fsp3) is 0.188. The SMILES string of the molecule is CC(Nc1ccc(F)cc1)C(=O)Nc1ccccc1OC(F)F. The maximum atomic E-state index is 12.8. The highest BCUT2D eigenvalue weighted by Gasteiger charge is 2.16. The van der Waals surface area contributed by atoms with Crippen molar-refractivity contribution in [3.8, 4) is 5.75 Å². The van der Waals surface area contributed by atoms with Crippen LogP contribution in [0.15, 0.2) is 48.5 Å². The Morgan fingerprint density at radius 2 is 1.74 bits per heavy atom. The molecule has 1 amide bonds. The van der Waals surface area contributed by atoms with E-state index in [1.54, 1.807) is 13.0 Å². The molecule has 23 heavy (non-hydrogen) atoms. The van der Waals surface area contributed by atoms with Gasteiger partial charge in [-0.05, 0) is 43.3 Å². The lowest BCUT2D eigenvalue weighted by atomic mass is 10.2. The van der Waals surface area contributed by atoms with Gasteiger partial charge in [-0.3, -0.25) is 4.79 Å². The number of rotatable bonds is 6. The number of halogens is 3. The van der Waals surface area contributed by atoms with Gasteiger partial charge in [0.05, 0.1) is 5.69 Å². The molecule has 2 rings (SSSR count). The van der Waals surface area contributed by atoms with E-state index in [1.807, 2.05) is 0 Å². The zero-order valence-electron chi connectivity index (χ0n) is 12.2. The van der Waals surface area contributed by atoms with Crippen molar-refractivity contribution in [2.45, 2.75) is 19.6 Å². The molecule has 0 spiro atoms. The number of anilines is 2. The lowest BCUT2D eigenvalue weighted by molar-refractivity contribution is -0.116. The molecule has 4 nitrogen and oxygen atoms in total. The molecule has 1 atom stereocenters. The summed E-state index contributed by atoms with van der Waals surface area (Å²) in [6.07, 6.45) is 0. The predicted octanol–water partition coefficient (Wildman–Crippen LogP) is 3.87. The number of hydrogen-bond acceptors (Lipinski definition) is 3. The molecule has 1 unspecified atom stereocenters. The zero-order valence-corrected chi connectivity index (χ0v) is 12.2. The standard InChI is InChI=1S/C16H15F3N2O2/c1-10(20-12-8-6-11(17)7-9-12)15(22)21-13-4-2-3-5-14(13)23-16(18)19/h2-10,16,20H,1H3,(H,21,22). The van der Waals surface area contributed by atoms with Crippen LogP contribution in [0.5, 0.6) is 5.75 Å². The summed E-state index contributed by atoms with van der Waals surface area (Å²) < 4.78 is 41.9. The average Bonchev–Trinajstić information content (AvgIpc) is 2.51. The van der Waals surface area contributed by atoms with Gasteiger partial charge in [0.1, 0.15) is 17.6 Å². The molecule has 0 radical (unpaired) electrons. The lowest BCUT2D eigenvalue weighted by Gasteiger charge is -2.17. The first-order valence-corrected chi connectivity index (χ1v) is 6.82. The maximum Gasteiger partial charge on any atom is 0.387 e. The van der Waals surface area contributed by atoms with Gasteiger partial charge < -0.3 is 15.4 Å². The van der Waals surface area contributed by atoms with Gasteiger partial charge in [-0.1, -0.05) is 12.1 Å². The summed E-state index contributed by atoms with van der Waals surface area (Å²) >= 11 is 0. The molecule has 0 aliphatic rings. The second-order valence-electron chi connectivity index (χ2n) is 4.74. The van der Waals surface area contributed by atoms with Gasteiger partial charge >= 0.3 is 6.61 Å². The quantitative estimate of drug-likeness (QED) is 0.848. The van der Waals surface area contributed by atoms with E-state index in [4.69, 9.17) is 0 Å². The van der Waals surface area contributed by atoms with Gasteiger partial charge in [0.2, 0.25) is 5.91 Å². The van der Waals surface area contributed by atoms with Crippen LogP contribution in [-0.2, 0) is 4.79 Å². The first-order valence-electron chi connectivity index (χ1n) is 6.82. The molecule has 2 aromatic carbocycles. The largest absolute Gasteiger partial charge is 0.433 e. The first-order chi connectivity index (χ1) is 11.0. The number of nitrogens with one attached hydrogen (secondary N) is 2. The Balaban J connectivity index is 2.02. The van der Waals surface area contributed by atoms with E-state index in [0.717, 1.165) is 0 Å². The minimum absolute atomic E-state index is 0.121. The molecule has 0 aliphatic carbocycles. The van der Waals surface area contributed by atoms with Crippen molar-refractivity contribution in [3.05, 3.63) is 54.3 Å². The molecular weight excluding hydrogens is 309 g/mol. The fourth-order valence-electron chi connectivity index (χ4n) is 1.87. The number of amides is 1. The molecule has 0 aliphatic heterocycles. The van der Waals surface area contributed by atoms with Gasteiger partial charge in [-0.15, -0.1) is 0 Å². The molecule has 0 heterocycles. The molecule has 2 N–H and O–H groups in total. The number of alkyl halides is 2. The highest BCUT2D eigenvalue weighted by molar-refractivity contribution is 5.97.